The molecule has 4 nitrogen and oxygen atoms in total. The zero-order valence-electron chi connectivity index (χ0n) is 11.5. The van der Waals surface area contributed by atoms with Gasteiger partial charge in [-0.25, -0.2) is 4.39 Å². The molecule has 2 N–H and O–H groups in total. The third-order valence-corrected chi connectivity index (χ3v) is 3.34. The van der Waals surface area contributed by atoms with E-state index in [0.29, 0.717) is 6.54 Å². The molecule has 5 heteroatoms. The van der Waals surface area contributed by atoms with Gasteiger partial charge in [0.1, 0.15) is 5.82 Å². The number of aromatic nitrogens is 2. The first-order valence-corrected chi connectivity index (χ1v) is 6.21. The number of rotatable bonds is 4. The number of nitrogens with zero attached hydrogens (tertiary/aromatic N) is 3. The smallest absolute Gasteiger partial charge is 0.123 e. The lowest BCUT2D eigenvalue weighted by molar-refractivity contribution is 0.626. The average molecular weight is 262 g/mol. The molecule has 0 fully saturated rings. The molecule has 0 aliphatic carbocycles. The summed E-state index contributed by atoms with van der Waals surface area (Å²) in [6, 6.07) is 6.44. The molecular formula is C14H19FN4. The number of aryl methyl sites for hydroxylation is 2. The van der Waals surface area contributed by atoms with Crippen molar-refractivity contribution in [3.8, 4) is 0 Å². The molecule has 0 saturated carbocycles. The minimum atomic E-state index is -0.237. The van der Waals surface area contributed by atoms with Crippen molar-refractivity contribution in [1.82, 2.24) is 9.78 Å². The zero-order chi connectivity index (χ0) is 14.0. The predicted octanol–water partition coefficient (Wildman–Crippen LogP) is 2.00. The quantitative estimate of drug-likeness (QED) is 0.916. The molecule has 1 unspecified atom stereocenters. The molecule has 19 heavy (non-hydrogen) atoms. The van der Waals surface area contributed by atoms with Gasteiger partial charge in [-0.1, -0.05) is 0 Å². The Bertz CT molecular complexity index is 547. The highest BCUT2D eigenvalue weighted by Gasteiger charge is 2.20. The Hall–Kier alpha value is -1.88. The van der Waals surface area contributed by atoms with Crippen molar-refractivity contribution in [2.75, 3.05) is 18.5 Å². The van der Waals surface area contributed by atoms with E-state index in [1.165, 1.54) is 12.1 Å². The molecule has 2 aromatic rings. The topological polar surface area (TPSA) is 47.1 Å². The first-order valence-electron chi connectivity index (χ1n) is 6.21. The van der Waals surface area contributed by atoms with Gasteiger partial charge in [0.25, 0.3) is 0 Å². The van der Waals surface area contributed by atoms with Crippen LogP contribution in [-0.4, -0.2) is 23.4 Å². The number of halogens is 1. The third-order valence-electron chi connectivity index (χ3n) is 3.34. The molecule has 0 radical (unpaired) electrons. The summed E-state index contributed by atoms with van der Waals surface area (Å²) in [4.78, 5) is 2.05. The van der Waals surface area contributed by atoms with Crippen LogP contribution in [0.25, 0.3) is 0 Å². The van der Waals surface area contributed by atoms with Gasteiger partial charge >= 0.3 is 0 Å². The standard InChI is InChI=1S/C14H19FN4/c1-10-13(9-18(2)17-10)14(8-16)19(3)12-6-4-11(15)5-7-12/h4-7,9,14H,8,16H2,1-3H3. The number of hydrogen-bond donors (Lipinski definition) is 1. The summed E-state index contributed by atoms with van der Waals surface area (Å²) in [7, 11) is 3.85. The van der Waals surface area contributed by atoms with Crippen molar-refractivity contribution < 1.29 is 4.39 Å². The lowest BCUT2D eigenvalue weighted by atomic mass is 10.1. The fourth-order valence-electron chi connectivity index (χ4n) is 2.29. The lowest BCUT2D eigenvalue weighted by Crippen LogP contribution is -2.30. The summed E-state index contributed by atoms with van der Waals surface area (Å²) in [6.45, 7) is 2.44. The summed E-state index contributed by atoms with van der Waals surface area (Å²) in [5.41, 5.74) is 8.89. The van der Waals surface area contributed by atoms with Crippen LogP contribution in [0.2, 0.25) is 0 Å². The van der Waals surface area contributed by atoms with Crippen molar-refractivity contribution >= 4 is 5.69 Å². The van der Waals surface area contributed by atoms with E-state index < -0.39 is 0 Å². The van der Waals surface area contributed by atoms with Crippen LogP contribution < -0.4 is 10.6 Å². The highest BCUT2D eigenvalue weighted by Crippen LogP contribution is 2.26. The summed E-state index contributed by atoms with van der Waals surface area (Å²) in [6.07, 6.45) is 1.98. The van der Waals surface area contributed by atoms with E-state index in [9.17, 15) is 4.39 Å². The van der Waals surface area contributed by atoms with Crippen molar-refractivity contribution in [2.24, 2.45) is 12.8 Å². The van der Waals surface area contributed by atoms with Crippen LogP contribution >= 0.6 is 0 Å². The molecule has 0 spiro atoms. The normalized spacial score (nSPS) is 12.5. The number of hydrogen-bond acceptors (Lipinski definition) is 3. The second kappa shape index (κ2) is 5.40. The van der Waals surface area contributed by atoms with Gasteiger partial charge in [0.2, 0.25) is 0 Å². The van der Waals surface area contributed by atoms with Gasteiger partial charge in [0.15, 0.2) is 0 Å². The lowest BCUT2D eigenvalue weighted by Gasteiger charge is -2.29. The molecule has 1 aromatic heterocycles. The Balaban J connectivity index is 2.31. The van der Waals surface area contributed by atoms with Crippen LogP contribution in [0.5, 0.6) is 0 Å². The van der Waals surface area contributed by atoms with Gasteiger partial charge in [-0.15, -0.1) is 0 Å². The minimum absolute atomic E-state index is 0.0270. The van der Waals surface area contributed by atoms with E-state index >= 15 is 0 Å². The first kappa shape index (κ1) is 13.5. The number of nitrogens with two attached hydrogens (primary N) is 1. The molecule has 1 atom stereocenters. The van der Waals surface area contributed by atoms with Crippen molar-refractivity contribution in [3.63, 3.8) is 0 Å². The van der Waals surface area contributed by atoms with E-state index in [0.717, 1.165) is 16.9 Å². The van der Waals surface area contributed by atoms with Crippen LogP contribution in [0.15, 0.2) is 30.5 Å². The Morgan fingerprint density at radius 2 is 2.00 bits per heavy atom. The summed E-state index contributed by atoms with van der Waals surface area (Å²) in [5.74, 6) is -0.237. The summed E-state index contributed by atoms with van der Waals surface area (Å²) < 4.78 is 14.8. The molecule has 1 aromatic carbocycles. The fourth-order valence-corrected chi connectivity index (χ4v) is 2.29. The van der Waals surface area contributed by atoms with Gasteiger partial charge < -0.3 is 10.6 Å². The van der Waals surface area contributed by atoms with Gasteiger partial charge in [-0.2, -0.15) is 5.10 Å². The van der Waals surface area contributed by atoms with E-state index in [2.05, 4.69) is 5.10 Å². The van der Waals surface area contributed by atoms with Crippen LogP contribution in [0.3, 0.4) is 0 Å². The summed E-state index contributed by atoms with van der Waals surface area (Å²) in [5, 5.41) is 4.34. The molecule has 0 saturated heterocycles. The maximum Gasteiger partial charge on any atom is 0.123 e. The molecule has 0 aliphatic heterocycles. The van der Waals surface area contributed by atoms with E-state index in [4.69, 9.17) is 5.73 Å². The molecule has 102 valence electrons. The third kappa shape index (κ3) is 2.76. The largest absolute Gasteiger partial charge is 0.366 e. The highest BCUT2D eigenvalue weighted by molar-refractivity contribution is 5.48. The van der Waals surface area contributed by atoms with Crippen LogP contribution in [0.4, 0.5) is 10.1 Å². The SMILES string of the molecule is Cc1nn(C)cc1C(CN)N(C)c1ccc(F)cc1. The highest BCUT2D eigenvalue weighted by atomic mass is 19.1. The average Bonchev–Trinajstić information content (AvgIpc) is 2.70. The summed E-state index contributed by atoms with van der Waals surface area (Å²) >= 11 is 0. The molecular weight excluding hydrogens is 243 g/mol. The second-order valence-electron chi connectivity index (χ2n) is 4.68. The molecule has 0 aliphatic rings. The fraction of sp³-hybridized carbons (Fsp3) is 0.357. The van der Waals surface area contributed by atoms with Crippen LogP contribution in [-0.2, 0) is 7.05 Å². The van der Waals surface area contributed by atoms with E-state index in [1.807, 2.05) is 32.1 Å². The van der Waals surface area contributed by atoms with E-state index in [1.54, 1.807) is 16.8 Å². The Kier molecular flexibility index (Phi) is 3.85. The minimum Gasteiger partial charge on any atom is -0.366 e. The van der Waals surface area contributed by atoms with Gasteiger partial charge in [0.05, 0.1) is 11.7 Å². The van der Waals surface area contributed by atoms with Crippen molar-refractivity contribution in [3.05, 3.63) is 47.5 Å². The van der Waals surface area contributed by atoms with E-state index in [-0.39, 0.29) is 11.9 Å². The number of likely N-dealkylation sites (N-methyl/N-ethyl adjacent to an activating group) is 1. The van der Waals surface area contributed by atoms with Crippen molar-refractivity contribution in [1.29, 1.82) is 0 Å². The maximum atomic E-state index is 13.0. The van der Waals surface area contributed by atoms with Gasteiger partial charge in [-0.3, -0.25) is 4.68 Å². The monoisotopic (exact) mass is 262 g/mol. The molecule has 1 heterocycles. The first-order chi connectivity index (χ1) is 9.02. The molecule has 0 amide bonds. The zero-order valence-corrected chi connectivity index (χ0v) is 11.5. The Labute approximate surface area is 112 Å². The number of anilines is 1. The molecule has 0 bridgehead atoms. The Morgan fingerprint density at radius 3 is 2.47 bits per heavy atom. The molecule has 2 rings (SSSR count). The number of benzene rings is 1. The predicted molar refractivity (Wildman–Crippen MR) is 74.5 cm³/mol. The van der Waals surface area contributed by atoms with Gasteiger partial charge in [0, 0.05) is 38.1 Å². The Morgan fingerprint density at radius 1 is 1.37 bits per heavy atom. The van der Waals surface area contributed by atoms with Crippen LogP contribution in [0, 0.1) is 12.7 Å². The van der Waals surface area contributed by atoms with Crippen LogP contribution in [0.1, 0.15) is 17.3 Å². The maximum absolute atomic E-state index is 13.0. The second-order valence-corrected chi connectivity index (χ2v) is 4.68. The van der Waals surface area contributed by atoms with Crippen molar-refractivity contribution in [2.45, 2.75) is 13.0 Å². The van der Waals surface area contributed by atoms with Gasteiger partial charge in [-0.05, 0) is 31.2 Å².